The fourth-order valence-corrected chi connectivity index (χ4v) is 5.91. The second-order valence-corrected chi connectivity index (χ2v) is 11.2. The molecule has 3 atom stereocenters. The molecule has 5 nitrogen and oxygen atoms in total. The number of halogens is 2. The molecule has 39 heavy (non-hydrogen) atoms. The van der Waals surface area contributed by atoms with Crippen LogP contribution in [0.1, 0.15) is 50.6 Å². The number of benzene rings is 3. The number of aromatic hydroxyl groups is 1. The predicted molar refractivity (Wildman–Crippen MR) is 153 cm³/mol. The molecular formula is C32H36ClFN2O3. The molecule has 7 heteroatoms. The van der Waals surface area contributed by atoms with Crippen LogP contribution in [-0.4, -0.2) is 66.7 Å². The molecule has 0 spiro atoms. The Labute approximate surface area is 235 Å². The van der Waals surface area contributed by atoms with Gasteiger partial charge < -0.3 is 14.9 Å². The van der Waals surface area contributed by atoms with E-state index in [9.17, 15) is 19.1 Å². The molecule has 3 aromatic rings. The largest absolute Gasteiger partial charge is 0.508 e. The fourth-order valence-electron chi connectivity index (χ4n) is 5.72. The van der Waals surface area contributed by atoms with E-state index < -0.39 is 17.8 Å². The van der Waals surface area contributed by atoms with Gasteiger partial charge in [-0.3, -0.25) is 9.59 Å². The van der Waals surface area contributed by atoms with Crippen LogP contribution in [-0.2, 0) is 0 Å². The van der Waals surface area contributed by atoms with Crippen molar-refractivity contribution in [2.45, 2.75) is 25.7 Å². The van der Waals surface area contributed by atoms with Crippen LogP contribution < -0.4 is 0 Å². The standard InChI is InChI=1S/C32H36ClFN2O3/c1-21-26(13-8-14-29(21)34)30-27(31(38)22-9-6-11-24(33)17-22)19-36(16-5-4-15-35(2)3)20-28(30)32(39)23-10-7-12-25(37)18-23/h6-14,17-18,27-28,30,37H,4-5,15-16,19-20H2,1-3H3. The molecule has 0 aromatic heterocycles. The zero-order chi connectivity index (χ0) is 28.1. The highest BCUT2D eigenvalue weighted by atomic mass is 35.5. The number of hydrogen-bond donors (Lipinski definition) is 1. The van der Waals surface area contributed by atoms with Gasteiger partial charge in [0.25, 0.3) is 0 Å². The molecule has 0 bridgehead atoms. The highest BCUT2D eigenvalue weighted by Gasteiger charge is 2.45. The quantitative estimate of drug-likeness (QED) is 0.239. The minimum Gasteiger partial charge on any atom is -0.508 e. The number of ketones is 2. The number of Topliss-reactive ketones (excluding diaryl/α,β-unsaturated/α-hetero) is 2. The van der Waals surface area contributed by atoms with E-state index in [4.69, 9.17) is 11.6 Å². The second-order valence-electron chi connectivity index (χ2n) is 10.8. The smallest absolute Gasteiger partial charge is 0.167 e. The Hall–Kier alpha value is -3.06. The Morgan fingerprint density at radius 1 is 0.949 bits per heavy atom. The first-order chi connectivity index (χ1) is 18.7. The summed E-state index contributed by atoms with van der Waals surface area (Å²) in [5.74, 6) is -2.38. The first-order valence-corrected chi connectivity index (χ1v) is 13.8. The van der Waals surface area contributed by atoms with Gasteiger partial charge >= 0.3 is 0 Å². The van der Waals surface area contributed by atoms with Gasteiger partial charge in [-0.2, -0.15) is 0 Å². The first kappa shape index (κ1) is 28.9. The second kappa shape index (κ2) is 12.9. The summed E-state index contributed by atoms with van der Waals surface area (Å²) in [6.45, 7) is 4.30. The molecule has 206 valence electrons. The normalized spacial score (nSPS) is 19.8. The zero-order valence-corrected chi connectivity index (χ0v) is 23.5. The molecule has 1 saturated heterocycles. The third kappa shape index (κ3) is 6.93. The van der Waals surface area contributed by atoms with Crippen molar-refractivity contribution in [2.24, 2.45) is 11.8 Å². The molecule has 3 unspecified atom stereocenters. The van der Waals surface area contributed by atoms with Crippen LogP contribution in [0.25, 0.3) is 0 Å². The highest BCUT2D eigenvalue weighted by Crippen LogP contribution is 2.42. The Balaban J connectivity index is 1.79. The molecular weight excluding hydrogens is 515 g/mol. The SMILES string of the molecule is Cc1c(F)cccc1C1C(C(=O)c2cccc(O)c2)CN(CCCCN(C)C)CC1C(=O)c1cccc(Cl)c1. The van der Waals surface area contributed by atoms with E-state index in [2.05, 4.69) is 9.80 Å². The van der Waals surface area contributed by atoms with E-state index in [0.717, 1.165) is 25.9 Å². The minimum atomic E-state index is -0.608. The maximum Gasteiger partial charge on any atom is 0.167 e. The molecule has 1 fully saturated rings. The van der Waals surface area contributed by atoms with Crippen molar-refractivity contribution in [3.63, 3.8) is 0 Å². The van der Waals surface area contributed by atoms with Crippen LogP contribution in [0.4, 0.5) is 4.39 Å². The van der Waals surface area contributed by atoms with Crippen LogP contribution in [0.5, 0.6) is 5.75 Å². The number of phenols is 1. The first-order valence-electron chi connectivity index (χ1n) is 13.4. The van der Waals surface area contributed by atoms with Crippen molar-refractivity contribution < 1.29 is 19.1 Å². The van der Waals surface area contributed by atoms with E-state index in [0.29, 0.717) is 40.4 Å². The Morgan fingerprint density at radius 2 is 1.56 bits per heavy atom. The van der Waals surface area contributed by atoms with Gasteiger partial charge in [0.2, 0.25) is 0 Å². The number of carbonyl (C=O) groups excluding carboxylic acids is 2. The molecule has 0 aliphatic carbocycles. The van der Waals surface area contributed by atoms with Gasteiger partial charge in [-0.1, -0.05) is 48.0 Å². The van der Waals surface area contributed by atoms with Crippen LogP contribution in [0.2, 0.25) is 5.02 Å². The summed E-state index contributed by atoms with van der Waals surface area (Å²) in [7, 11) is 4.08. The number of unbranched alkanes of at least 4 members (excludes halogenated alkanes) is 1. The van der Waals surface area contributed by atoms with Crippen LogP contribution in [0.15, 0.2) is 66.7 Å². The molecule has 3 aromatic carbocycles. The molecule has 0 amide bonds. The Morgan fingerprint density at radius 3 is 2.18 bits per heavy atom. The van der Waals surface area contributed by atoms with Crippen LogP contribution >= 0.6 is 11.6 Å². The molecule has 1 aliphatic heterocycles. The fraction of sp³-hybridized carbons (Fsp3) is 0.375. The van der Waals surface area contributed by atoms with Crippen molar-refractivity contribution in [3.8, 4) is 5.75 Å². The number of nitrogens with zero attached hydrogens (tertiary/aromatic N) is 2. The van der Waals surface area contributed by atoms with E-state index in [-0.39, 0.29) is 23.1 Å². The van der Waals surface area contributed by atoms with Gasteiger partial charge in [0.15, 0.2) is 11.6 Å². The van der Waals surface area contributed by atoms with Gasteiger partial charge in [0.05, 0.1) is 0 Å². The summed E-state index contributed by atoms with van der Waals surface area (Å²) < 4.78 is 14.9. The molecule has 0 radical (unpaired) electrons. The summed E-state index contributed by atoms with van der Waals surface area (Å²) in [4.78, 5) is 32.5. The van der Waals surface area contributed by atoms with E-state index in [1.54, 1.807) is 49.4 Å². The third-order valence-corrected chi connectivity index (χ3v) is 7.92. The molecule has 1 heterocycles. The number of carbonyl (C=O) groups is 2. The number of rotatable bonds is 10. The van der Waals surface area contributed by atoms with Gasteiger partial charge in [0, 0.05) is 47.0 Å². The van der Waals surface area contributed by atoms with Gasteiger partial charge in [0.1, 0.15) is 11.6 Å². The van der Waals surface area contributed by atoms with E-state index >= 15 is 0 Å². The number of likely N-dealkylation sites (tertiary alicyclic amines) is 1. The summed E-state index contributed by atoms with van der Waals surface area (Å²) in [6.07, 6.45) is 1.92. The van der Waals surface area contributed by atoms with E-state index in [1.807, 2.05) is 20.2 Å². The summed E-state index contributed by atoms with van der Waals surface area (Å²) in [5, 5.41) is 10.6. The molecule has 1 aliphatic rings. The predicted octanol–water partition coefficient (Wildman–Crippen LogP) is 6.23. The van der Waals surface area contributed by atoms with E-state index in [1.165, 1.54) is 18.2 Å². The van der Waals surface area contributed by atoms with Gasteiger partial charge in [-0.15, -0.1) is 0 Å². The third-order valence-electron chi connectivity index (χ3n) is 7.69. The average Bonchev–Trinajstić information content (AvgIpc) is 2.91. The van der Waals surface area contributed by atoms with Crippen molar-refractivity contribution in [3.05, 3.63) is 99.8 Å². The van der Waals surface area contributed by atoms with Gasteiger partial charge in [-0.05, 0) is 88.4 Å². The van der Waals surface area contributed by atoms with Crippen LogP contribution in [0, 0.1) is 24.6 Å². The Bertz CT molecular complexity index is 1260. The van der Waals surface area contributed by atoms with Gasteiger partial charge in [-0.25, -0.2) is 4.39 Å². The lowest BCUT2D eigenvalue weighted by atomic mass is 9.67. The molecule has 1 N–H and O–H groups in total. The van der Waals surface area contributed by atoms with Crippen molar-refractivity contribution in [1.82, 2.24) is 9.80 Å². The maximum absolute atomic E-state index is 14.9. The lowest BCUT2D eigenvalue weighted by Crippen LogP contribution is -2.50. The average molecular weight is 551 g/mol. The van der Waals surface area contributed by atoms with Crippen LogP contribution in [0.3, 0.4) is 0 Å². The summed E-state index contributed by atoms with van der Waals surface area (Å²) in [5.41, 5.74) is 1.97. The number of piperidine rings is 1. The monoisotopic (exact) mass is 550 g/mol. The van der Waals surface area contributed by atoms with Crippen molar-refractivity contribution >= 4 is 23.2 Å². The van der Waals surface area contributed by atoms with Crippen molar-refractivity contribution in [1.29, 1.82) is 0 Å². The lowest BCUT2D eigenvalue weighted by Gasteiger charge is -2.43. The lowest BCUT2D eigenvalue weighted by molar-refractivity contribution is 0.0567. The molecule has 4 rings (SSSR count). The number of hydrogen-bond acceptors (Lipinski definition) is 5. The molecule has 0 saturated carbocycles. The summed E-state index contributed by atoms with van der Waals surface area (Å²) in [6, 6.07) is 18.0. The Kier molecular flexibility index (Phi) is 9.54. The summed E-state index contributed by atoms with van der Waals surface area (Å²) >= 11 is 6.25. The minimum absolute atomic E-state index is 0.00207. The maximum atomic E-state index is 14.9. The zero-order valence-electron chi connectivity index (χ0n) is 22.7. The topological polar surface area (TPSA) is 60.9 Å². The van der Waals surface area contributed by atoms with Crippen molar-refractivity contribution in [2.75, 3.05) is 40.3 Å². The number of phenolic OH excluding ortho intramolecular Hbond substituents is 1. The highest BCUT2D eigenvalue weighted by molar-refractivity contribution is 6.31.